The van der Waals surface area contributed by atoms with Crippen molar-refractivity contribution in [3.8, 4) is 0 Å². The van der Waals surface area contributed by atoms with E-state index in [2.05, 4.69) is 42.2 Å². The predicted molar refractivity (Wildman–Crippen MR) is 76.8 cm³/mol. The molecule has 0 fully saturated rings. The van der Waals surface area contributed by atoms with Crippen molar-refractivity contribution < 1.29 is 4.74 Å². The standard InChI is InChI=1S/C14H22N4O/c1-6-12-7-13(15-9(2)8-19-5)18-14(16-12)10(3)11(4)17-18/h7,9,15H,6,8H2,1-5H3. The molecule has 0 aliphatic carbocycles. The predicted octanol–water partition coefficient (Wildman–Crippen LogP) is 2.36. The Morgan fingerprint density at radius 1 is 1.42 bits per heavy atom. The molecular formula is C14H22N4O. The van der Waals surface area contributed by atoms with Gasteiger partial charge in [0.05, 0.1) is 12.3 Å². The van der Waals surface area contributed by atoms with Crippen LogP contribution in [0.4, 0.5) is 5.82 Å². The van der Waals surface area contributed by atoms with Gasteiger partial charge in [-0.05, 0) is 27.2 Å². The summed E-state index contributed by atoms with van der Waals surface area (Å²) in [6.07, 6.45) is 0.910. The Morgan fingerprint density at radius 3 is 2.79 bits per heavy atom. The van der Waals surface area contributed by atoms with Crippen molar-refractivity contribution in [3.63, 3.8) is 0 Å². The minimum Gasteiger partial charge on any atom is -0.383 e. The summed E-state index contributed by atoms with van der Waals surface area (Å²) in [7, 11) is 1.71. The number of hydrogen-bond acceptors (Lipinski definition) is 4. The molecule has 0 aliphatic rings. The van der Waals surface area contributed by atoms with E-state index in [1.807, 2.05) is 11.4 Å². The first-order valence-electron chi connectivity index (χ1n) is 6.68. The Balaban J connectivity index is 2.48. The van der Waals surface area contributed by atoms with Gasteiger partial charge in [-0.1, -0.05) is 6.92 Å². The average Bonchev–Trinajstić information content (AvgIpc) is 2.66. The molecule has 0 aliphatic heterocycles. The highest BCUT2D eigenvalue weighted by Crippen LogP contribution is 2.19. The Kier molecular flexibility index (Phi) is 4.04. The van der Waals surface area contributed by atoms with Crippen molar-refractivity contribution >= 4 is 11.5 Å². The van der Waals surface area contributed by atoms with Gasteiger partial charge < -0.3 is 10.1 Å². The van der Waals surface area contributed by atoms with Crippen molar-refractivity contribution in [1.82, 2.24) is 14.6 Å². The molecule has 2 heterocycles. The fraction of sp³-hybridized carbons (Fsp3) is 0.571. The van der Waals surface area contributed by atoms with Crippen molar-refractivity contribution in [2.75, 3.05) is 19.0 Å². The van der Waals surface area contributed by atoms with Gasteiger partial charge in [-0.25, -0.2) is 4.98 Å². The van der Waals surface area contributed by atoms with Crippen molar-refractivity contribution in [3.05, 3.63) is 23.0 Å². The second-order valence-electron chi connectivity index (χ2n) is 4.93. The van der Waals surface area contributed by atoms with Crippen molar-refractivity contribution in [2.24, 2.45) is 0 Å². The van der Waals surface area contributed by atoms with E-state index in [0.717, 1.165) is 34.8 Å². The van der Waals surface area contributed by atoms with Gasteiger partial charge >= 0.3 is 0 Å². The van der Waals surface area contributed by atoms with Crippen LogP contribution in [0.15, 0.2) is 6.07 Å². The topological polar surface area (TPSA) is 51.5 Å². The van der Waals surface area contributed by atoms with Gasteiger partial charge in [0.2, 0.25) is 0 Å². The summed E-state index contributed by atoms with van der Waals surface area (Å²) >= 11 is 0. The van der Waals surface area contributed by atoms with E-state index in [4.69, 9.17) is 4.74 Å². The van der Waals surface area contributed by atoms with E-state index in [-0.39, 0.29) is 6.04 Å². The van der Waals surface area contributed by atoms with Crippen LogP contribution in [0, 0.1) is 13.8 Å². The molecule has 0 spiro atoms. The van der Waals surface area contributed by atoms with Gasteiger partial charge in [0.15, 0.2) is 5.65 Å². The summed E-state index contributed by atoms with van der Waals surface area (Å²) < 4.78 is 7.05. The Labute approximate surface area is 114 Å². The third kappa shape index (κ3) is 2.71. The van der Waals surface area contributed by atoms with Crippen LogP contribution in [0.1, 0.15) is 30.8 Å². The third-order valence-corrected chi connectivity index (χ3v) is 3.28. The Morgan fingerprint density at radius 2 is 2.16 bits per heavy atom. The summed E-state index contributed by atoms with van der Waals surface area (Å²) in [4.78, 5) is 4.66. The highest BCUT2D eigenvalue weighted by Gasteiger charge is 2.13. The van der Waals surface area contributed by atoms with Gasteiger partial charge in [0.1, 0.15) is 5.82 Å². The average molecular weight is 262 g/mol. The Hall–Kier alpha value is -1.62. The molecule has 5 heteroatoms. The maximum absolute atomic E-state index is 5.17. The highest BCUT2D eigenvalue weighted by atomic mass is 16.5. The number of ether oxygens (including phenoxy) is 1. The minimum atomic E-state index is 0.227. The molecule has 2 aromatic rings. The normalized spacial score (nSPS) is 12.9. The fourth-order valence-electron chi connectivity index (χ4n) is 2.11. The summed E-state index contributed by atoms with van der Waals surface area (Å²) in [6, 6.07) is 2.29. The number of fused-ring (bicyclic) bond motifs is 1. The number of aryl methyl sites for hydroxylation is 3. The molecule has 0 saturated carbocycles. The van der Waals surface area contributed by atoms with Gasteiger partial charge in [-0.3, -0.25) is 0 Å². The number of nitrogens with one attached hydrogen (secondary N) is 1. The van der Waals surface area contributed by atoms with Crippen LogP contribution in [0.25, 0.3) is 5.65 Å². The molecule has 0 radical (unpaired) electrons. The first-order chi connectivity index (χ1) is 9.06. The molecule has 1 unspecified atom stereocenters. The number of hydrogen-bond donors (Lipinski definition) is 1. The molecule has 5 nitrogen and oxygen atoms in total. The molecule has 0 amide bonds. The third-order valence-electron chi connectivity index (χ3n) is 3.28. The zero-order chi connectivity index (χ0) is 14.0. The van der Waals surface area contributed by atoms with Gasteiger partial charge in [0.25, 0.3) is 0 Å². The quantitative estimate of drug-likeness (QED) is 0.898. The molecule has 19 heavy (non-hydrogen) atoms. The molecule has 1 atom stereocenters. The Bertz CT molecular complexity index is 576. The molecule has 0 aromatic carbocycles. The van der Waals surface area contributed by atoms with Gasteiger partial charge in [0, 0.05) is 30.5 Å². The fourth-order valence-corrected chi connectivity index (χ4v) is 2.11. The van der Waals surface area contributed by atoms with Crippen LogP contribution in [0.2, 0.25) is 0 Å². The van der Waals surface area contributed by atoms with Crippen LogP contribution in [0.3, 0.4) is 0 Å². The maximum atomic E-state index is 5.17. The number of methoxy groups -OCH3 is 1. The smallest absolute Gasteiger partial charge is 0.160 e. The van der Waals surface area contributed by atoms with Crippen LogP contribution in [-0.2, 0) is 11.2 Å². The zero-order valence-corrected chi connectivity index (χ0v) is 12.3. The van der Waals surface area contributed by atoms with E-state index >= 15 is 0 Å². The van der Waals surface area contributed by atoms with Crippen molar-refractivity contribution in [1.29, 1.82) is 0 Å². The number of aromatic nitrogens is 3. The van der Waals surface area contributed by atoms with E-state index in [9.17, 15) is 0 Å². The van der Waals surface area contributed by atoms with E-state index in [0.29, 0.717) is 6.61 Å². The first-order valence-corrected chi connectivity index (χ1v) is 6.68. The summed E-state index contributed by atoms with van der Waals surface area (Å²) in [5, 5.41) is 7.99. The summed E-state index contributed by atoms with van der Waals surface area (Å²) in [6.45, 7) is 8.93. The van der Waals surface area contributed by atoms with E-state index in [1.165, 1.54) is 0 Å². The minimum absolute atomic E-state index is 0.227. The lowest BCUT2D eigenvalue weighted by Crippen LogP contribution is -2.22. The maximum Gasteiger partial charge on any atom is 0.160 e. The van der Waals surface area contributed by atoms with Crippen LogP contribution in [-0.4, -0.2) is 34.4 Å². The van der Waals surface area contributed by atoms with Crippen LogP contribution < -0.4 is 5.32 Å². The van der Waals surface area contributed by atoms with Crippen LogP contribution >= 0.6 is 0 Å². The van der Waals surface area contributed by atoms with Crippen LogP contribution in [0.5, 0.6) is 0 Å². The highest BCUT2D eigenvalue weighted by molar-refractivity contribution is 5.56. The lowest BCUT2D eigenvalue weighted by Gasteiger charge is -2.15. The second-order valence-corrected chi connectivity index (χ2v) is 4.93. The number of rotatable bonds is 5. The summed E-state index contributed by atoms with van der Waals surface area (Å²) in [5.74, 6) is 0.975. The molecular weight excluding hydrogens is 240 g/mol. The molecule has 2 aromatic heterocycles. The SMILES string of the molecule is CCc1cc(NC(C)COC)n2nc(C)c(C)c2n1. The largest absolute Gasteiger partial charge is 0.383 e. The number of nitrogens with zero attached hydrogens (tertiary/aromatic N) is 3. The molecule has 0 saturated heterocycles. The molecule has 2 rings (SSSR count). The first kappa shape index (κ1) is 13.8. The molecule has 0 bridgehead atoms. The number of anilines is 1. The van der Waals surface area contributed by atoms with Gasteiger partial charge in [-0.2, -0.15) is 9.61 Å². The lowest BCUT2D eigenvalue weighted by atomic mass is 10.2. The summed E-state index contributed by atoms with van der Waals surface area (Å²) in [5.41, 5.74) is 4.16. The second kappa shape index (κ2) is 5.57. The van der Waals surface area contributed by atoms with E-state index in [1.54, 1.807) is 7.11 Å². The molecule has 104 valence electrons. The van der Waals surface area contributed by atoms with E-state index < -0.39 is 0 Å². The zero-order valence-electron chi connectivity index (χ0n) is 12.3. The van der Waals surface area contributed by atoms with Crippen molar-refractivity contribution in [2.45, 2.75) is 40.2 Å². The lowest BCUT2D eigenvalue weighted by molar-refractivity contribution is 0.190. The molecule has 1 N–H and O–H groups in total. The monoisotopic (exact) mass is 262 g/mol. The van der Waals surface area contributed by atoms with Gasteiger partial charge in [-0.15, -0.1) is 0 Å².